The Hall–Kier alpha value is -1.61. The molecule has 1 aromatic heterocycles. The molecule has 0 bridgehead atoms. The smallest absolute Gasteiger partial charge is 0.180 e. The molecule has 3 heteroatoms. The summed E-state index contributed by atoms with van der Waals surface area (Å²) in [4.78, 5) is 14.8. The lowest BCUT2D eigenvalue weighted by Gasteiger charge is -2.35. The van der Waals surface area contributed by atoms with E-state index in [1.54, 1.807) is 6.26 Å². The van der Waals surface area contributed by atoms with Crippen LogP contribution in [0, 0.1) is 5.92 Å². The Morgan fingerprint density at radius 2 is 2.15 bits per heavy atom. The standard InChI is InChI=1S/C17H21NO2/c1-12-7-8-18(13(2)9-12)10-16(19)15-11-20-17-6-4-3-5-14(15)17/h3-6,11-13H,7-10H2,1-2H3. The SMILES string of the molecule is CC1CCN(CC(=O)c2coc3ccccc23)C(C)C1. The van der Waals surface area contributed by atoms with Gasteiger partial charge in [-0.2, -0.15) is 0 Å². The summed E-state index contributed by atoms with van der Waals surface area (Å²) in [6.45, 7) is 6.02. The number of hydrogen-bond donors (Lipinski definition) is 0. The van der Waals surface area contributed by atoms with Crippen LogP contribution in [0.4, 0.5) is 0 Å². The van der Waals surface area contributed by atoms with E-state index in [0.29, 0.717) is 18.2 Å². The highest BCUT2D eigenvalue weighted by molar-refractivity contribution is 6.08. The summed E-state index contributed by atoms with van der Waals surface area (Å²) in [5, 5.41) is 0.926. The third-order valence-corrected chi connectivity index (χ3v) is 4.40. The summed E-state index contributed by atoms with van der Waals surface area (Å²) in [6, 6.07) is 8.21. The van der Waals surface area contributed by atoms with Crippen LogP contribution in [-0.2, 0) is 0 Å². The number of rotatable bonds is 3. The number of piperidine rings is 1. The van der Waals surface area contributed by atoms with Gasteiger partial charge in [0.15, 0.2) is 5.78 Å². The molecule has 0 saturated carbocycles. The molecule has 1 saturated heterocycles. The molecule has 1 aliphatic rings. The highest BCUT2D eigenvalue weighted by atomic mass is 16.3. The van der Waals surface area contributed by atoms with Crippen molar-refractivity contribution < 1.29 is 9.21 Å². The molecule has 106 valence electrons. The highest BCUT2D eigenvalue weighted by Crippen LogP contribution is 2.24. The van der Waals surface area contributed by atoms with Gasteiger partial charge in [0.05, 0.1) is 12.1 Å². The zero-order valence-corrected chi connectivity index (χ0v) is 12.1. The monoisotopic (exact) mass is 271 g/mol. The fourth-order valence-electron chi connectivity index (χ4n) is 3.15. The van der Waals surface area contributed by atoms with Crippen LogP contribution < -0.4 is 0 Å². The third-order valence-electron chi connectivity index (χ3n) is 4.40. The van der Waals surface area contributed by atoms with Crippen molar-refractivity contribution in [2.75, 3.05) is 13.1 Å². The average Bonchev–Trinajstić information content (AvgIpc) is 2.86. The maximum absolute atomic E-state index is 12.5. The lowest BCUT2D eigenvalue weighted by Crippen LogP contribution is -2.43. The predicted molar refractivity (Wildman–Crippen MR) is 80.0 cm³/mol. The fourth-order valence-corrected chi connectivity index (χ4v) is 3.15. The van der Waals surface area contributed by atoms with Crippen LogP contribution in [-0.4, -0.2) is 29.8 Å². The number of Topliss-reactive ketones (excluding diaryl/α,β-unsaturated/α-hetero) is 1. The van der Waals surface area contributed by atoms with Crippen molar-refractivity contribution in [3.05, 3.63) is 36.1 Å². The van der Waals surface area contributed by atoms with Crippen LogP contribution in [0.25, 0.3) is 11.0 Å². The van der Waals surface area contributed by atoms with Gasteiger partial charge in [-0.1, -0.05) is 25.1 Å². The summed E-state index contributed by atoms with van der Waals surface area (Å²) in [7, 11) is 0. The van der Waals surface area contributed by atoms with Crippen molar-refractivity contribution in [2.45, 2.75) is 32.7 Å². The average molecular weight is 271 g/mol. The zero-order chi connectivity index (χ0) is 14.1. The van der Waals surface area contributed by atoms with Crippen LogP contribution in [0.15, 0.2) is 34.9 Å². The van der Waals surface area contributed by atoms with Crippen molar-refractivity contribution in [2.24, 2.45) is 5.92 Å². The number of furan rings is 1. The van der Waals surface area contributed by atoms with Gasteiger partial charge >= 0.3 is 0 Å². The first-order valence-corrected chi connectivity index (χ1v) is 7.38. The van der Waals surface area contributed by atoms with Gasteiger partial charge < -0.3 is 4.42 Å². The Kier molecular flexibility index (Phi) is 3.62. The van der Waals surface area contributed by atoms with E-state index in [1.807, 2.05) is 24.3 Å². The highest BCUT2D eigenvalue weighted by Gasteiger charge is 2.25. The number of para-hydroxylation sites is 1. The normalized spacial score (nSPS) is 24.1. The number of nitrogens with zero attached hydrogens (tertiary/aromatic N) is 1. The molecule has 0 radical (unpaired) electrons. The number of carbonyl (C=O) groups excluding carboxylic acids is 1. The number of benzene rings is 1. The summed E-state index contributed by atoms with van der Waals surface area (Å²) >= 11 is 0. The molecule has 1 aliphatic heterocycles. The third kappa shape index (κ3) is 2.50. The van der Waals surface area contributed by atoms with Crippen LogP contribution in [0.1, 0.15) is 37.0 Å². The van der Waals surface area contributed by atoms with Gasteiger partial charge in [-0.15, -0.1) is 0 Å². The van der Waals surface area contributed by atoms with Gasteiger partial charge in [0.25, 0.3) is 0 Å². The van der Waals surface area contributed by atoms with Crippen molar-refractivity contribution in [1.29, 1.82) is 0 Å². The van der Waals surface area contributed by atoms with E-state index in [4.69, 9.17) is 4.42 Å². The minimum atomic E-state index is 0.163. The number of ketones is 1. The molecule has 0 N–H and O–H groups in total. The Morgan fingerprint density at radius 3 is 2.95 bits per heavy atom. The second-order valence-electron chi connectivity index (χ2n) is 6.02. The van der Waals surface area contributed by atoms with Crippen LogP contribution >= 0.6 is 0 Å². The quantitative estimate of drug-likeness (QED) is 0.797. The predicted octanol–water partition coefficient (Wildman–Crippen LogP) is 3.74. The van der Waals surface area contributed by atoms with Crippen LogP contribution in [0.5, 0.6) is 0 Å². The van der Waals surface area contributed by atoms with E-state index in [1.165, 1.54) is 12.8 Å². The van der Waals surface area contributed by atoms with E-state index in [-0.39, 0.29) is 5.78 Å². The lowest BCUT2D eigenvalue weighted by molar-refractivity contribution is 0.0817. The number of fused-ring (bicyclic) bond motifs is 1. The first-order chi connectivity index (χ1) is 9.65. The van der Waals surface area contributed by atoms with E-state index in [2.05, 4.69) is 18.7 Å². The Balaban J connectivity index is 1.76. The number of likely N-dealkylation sites (tertiary alicyclic amines) is 1. The van der Waals surface area contributed by atoms with Crippen LogP contribution in [0.3, 0.4) is 0 Å². The molecule has 3 nitrogen and oxygen atoms in total. The molecule has 2 heterocycles. The summed E-state index contributed by atoms with van der Waals surface area (Å²) in [5.41, 5.74) is 1.50. The Bertz CT molecular complexity index is 616. The molecule has 1 fully saturated rings. The van der Waals surface area contributed by atoms with Crippen molar-refractivity contribution in [3.8, 4) is 0 Å². The van der Waals surface area contributed by atoms with Crippen molar-refractivity contribution >= 4 is 16.8 Å². The molecule has 0 amide bonds. The number of carbonyl (C=O) groups is 1. The van der Waals surface area contributed by atoms with E-state index in [9.17, 15) is 4.79 Å². The Morgan fingerprint density at radius 1 is 1.35 bits per heavy atom. The van der Waals surface area contributed by atoms with Gasteiger partial charge in [0.2, 0.25) is 0 Å². The molecule has 20 heavy (non-hydrogen) atoms. The van der Waals surface area contributed by atoms with E-state index in [0.717, 1.165) is 23.4 Å². The maximum atomic E-state index is 12.5. The second-order valence-corrected chi connectivity index (χ2v) is 6.02. The summed E-state index contributed by atoms with van der Waals surface area (Å²) < 4.78 is 5.46. The summed E-state index contributed by atoms with van der Waals surface area (Å²) in [6.07, 6.45) is 3.97. The first-order valence-electron chi connectivity index (χ1n) is 7.38. The van der Waals surface area contributed by atoms with Gasteiger partial charge in [-0.25, -0.2) is 0 Å². The van der Waals surface area contributed by atoms with E-state index < -0.39 is 0 Å². The topological polar surface area (TPSA) is 33.5 Å². The van der Waals surface area contributed by atoms with Gasteiger partial charge in [-0.3, -0.25) is 9.69 Å². The van der Waals surface area contributed by atoms with Crippen molar-refractivity contribution in [3.63, 3.8) is 0 Å². The fraction of sp³-hybridized carbons (Fsp3) is 0.471. The minimum Gasteiger partial charge on any atom is -0.464 e. The molecule has 2 atom stereocenters. The molecule has 0 aliphatic carbocycles. The minimum absolute atomic E-state index is 0.163. The zero-order valence-electron chi connectivity index (χ0n) is 12.1. The lowest BCUT2D eigenvalue weighted by atomic mass is 9.93. The van der Waals surface area contributed by atoms with Gasteiger partial charge in [0, 0.05) is 11.4 Å². The molecule has 1 aromatic carbocycles. The second kappa shape index (κ2) is 5.41. The maximum Gasteiger partial charge on any atom is 0.180 e. The Labute approximate surface area is 119 Å². The van der Waals surface area contributed by atoms with Gasteiger partial charge in [0.1, 0.15) is 11.8 Å². The largest absolute Gasteiger partial charge is 0.464 e. The van der Waals surface area contributed by atoms with Crippen LogP contribution in [0.2, 0.25) is 0 Å². The number of hydrogen-bond acceptors (Lipinski definition) is 3. The van der Waals surface area contributed by atoms with Gasteiger partial charge in [-0.05, 0) is 38.3 Å². The van der Waals surface area contributed by atoms with E-state index >= 15 is 0 Å². The molecular weight excluding hydrogens is 250 g/mol. The molecule has 0 spiro atoms. The molecular formula is C17H21NO2. The first kappa shape index (κ1) is 13.4. The molecule has 2 unspecified atom stereocenters. The van der Waals surface area contributed by atoms with Crippen molar-refractivity contribution in [1.82, 2.24) is 4.90 Å². The summed E-state index contributed by atoms with van der Waals surface area (Å²) in [5.74, 6) is 0.933. The molecule has 2 aromatic rings. The molecule has 3 rings (SSSR count).